The van der Waals surface area contributed by atoms with E-state index in [4.69, 9.17) is 9.84 Å². The van der Waals surface area contributed by atoms with E-state index in [1.54, 1.807) is 34.6 Å². The largest absolute Gasteiger partial charge is 0.481 e. The number of carboxylic acid groups (broad SMARTS) is 1. The topological polar surface area (TPSA) is 75.6 Å². The molecule has 0 aromatic heterocycles. The van der Waals surface area contributed by atoms with Crippen LogP contribution in [0.4, 0.5) is 4.79 Å². The normalized spacial score (nSPS) is 14.6. The molecule has 0 saturated heterocycles. The predicted molar refractivity (Wildman–Crippen MR) is 64.8 cm³/mol. The van der Waals surface area contributed by atoms with Crippen molar-refractivity contribution >= 4 is 12.1 Å². The van der Waals surface area contributed by atoms with Crippen LogP contribution in [-0.4, -0.2) is 28.3 Å². The van der Waals surface area contributed by atoms with Gasteiger partial charge < -0.3 is 15.2 Å². The van der Waals surface area contributed by atoms with Crippen LogP contribution in [0.2, 0.25) is 0 Å². The molecule has 1 atom stereocenters. The first-order chi connectivity index (χ1) is 7.46. The highest BCUT2D eigenvalue weighted by atomic mass is 16.6. The van der Waals surface area contributed by atoms with E-state index in [0.717, 1.165) is 0 Å². The Kier molecular flexibility index (Phi) is 4.74. The number of hydrogen-bond donors (Lipinski definition) is 2. The van der Waals surface area contributed by atoms with E-state index in [2.05, 4.69) is 11.9 Å². The zero-order valence-electron chi connectivity index (χ0n) is 11.1. The number of alkyl carbamates (subject to hydrolysis) is 1. The molecule has 0 aliphatic carbocycles. The lowest BCUT2D eigenvalue weighted by Gasteiger charge is -2.31. The zero-order chi connectivity index (χ0) is 13.9. The number of carbonyl (C=O) groups is 2. The van der Waals surface area contributed by atoms with Crippen LogP contribution in [0.5, 0.6) is 0 Å². The van der Waals surface area contributed by atoms with E-state index in [0.29, 0.717) is 5.57 Å². The van der Waals surface area contributed by atoms with E-state index in [-0.39, 0.29) is 6.42 Å². The molecular formula is C12H21NO4. The first kappa shape index (κ1) is 15.5. The van der Waals surface area contributed by atoms with Crippen LogP contribution < -0.4 is 5.32 Å². The fraction of sp³-hybridized carbons (Fsp3) is 0.667. The molecule has 0 aliphatic rings. The van der Waals surface area contributed by atoms with Crippen LogP contribution in [-0.2, 0) is 9.53 Å². The molecular weight excluding hydrogens is 222 g/mol. The molecule has 0 bridgehead atoms. The van der Waals surface area contributed by atoms with Gasteiger partial charge >= 0.3 is 12.1 Å². The van der Waals surface area contributed by atoms with Crippen molar-refractivity contribution in [1.29, 1.82) is 0 Å². The highest BCUT2D eigenvalue weighted by Gasteiger charge is 2.32. The van der Waals surface area contributed by atoms with Gasteiger partial charge in [-0.2, -0.15) is 0 Å². The molecule has 0 rings (SSSR count). The molecule has 0 spiro atoms. The number of aliphatic carboxylic acids is 1. The molecule has 2 N–H and O–H groups in total. The fourth-order valence-electron chi connectivity index (χ4n) is 1.13. The third-order valence-corrected chi connectivity index (χ3v) is 2.22. The highest BCUT2D eigenvalue weighted by Crippen LogP contribution is 2.20. The van der Waals surface area contributed by atoms with Crippen LogP contribution in [0.1, 0.15) is 41.0 Å². The average Bonchev–Trinajstić information content (AvgIpc) is 1.96. The Bertz CT molecular complexity index is 330. The second kappa shape index (κ2) is 5.21. The van der Waals surface area contributed by atoms with Crippen molar-refractivity contribution in [1.82, 2.24) is 5.32 Å². The Morgan fingerprint density at radius 3 is 2.06 bits per heavy atom. The fourth-order valence-corrected chi connectivity index (χ4v) is 1.13. The summed E-state index contributed by atoms with van der Waals surface area (Å²) in [6, 6.07) is 0. The predicted octanol–water partition coefficient (Wildman–Crippen LogP) is 2.32. The molecule has 17 heavy (non-hydrogen) atoms. The Hall–Kier alpha value is -1.52. The van der Waals surface area contributed by atoms with Crippen molar-refractivity contribution in [3.8, 4) is 0 Å². The highest BCUT2D eigenvalue weighted by molar-refractivity contribution is 5.74. The van der Waals surface area contributed by atoms with Gasteiger partial charge in [-0.15, -0.1) is 0 Å². The van der Waals surface area contributed by atoms with Crippen molar-refractivity contribution < 1.29 is 19.4 Å². The summed E-state index contributed by atoms with van der Waals surface area (Å²) in [5, 5.41) is 11.3. The van der Waals surface area contributed by atoms with E-state index in [1.165, 1.54) is 0 Å². The number of carboxylic acids is 1. The number of nitrogens with one attached hydrogen (secondary N) is 1. The van der Waals surface area contributed by atoms with Crippen molar-refractivity contribution in [2.45, 2.75) is 52.2 Å². The molecule has 5 heteroatoms. The smallest absolute Gasteiger partial charge is 0.408 e. The van der Waals surface area contributed by atoms with Gasteiger partial charge in [0, 0.05) is 0 Å². The monoisotopic (exact) mass is 243 g/mol. The molecule has 0 radical (unpaired) electrons. The molecule has 5 nitrogen and oxygen atoms in total. The van der Waals surface area contributed by atoms with Gasteiger partial charge in [0.15, 0.2) is 0 Å². The molecule has 0 aromatic rings. The lowest BCUT2D eigenvalue weighted by Crippen LogP contribution is -2.49. The van der Waals surface area contributed by atoms with Crippen LogP contribution in [0.3, 0.4) is 0 Å². The second-order valence-corrected chi connectivity index (χ2v) is 5.31. The molecule has 0 saturated carbocycles. The first-order valence-corrected chi connectivity index (χ1v) is 5.35. The number of rotatable bonds is 4. The van der Waals surface area contributed by atoms with Crippen molar-refractivity contribution in [3.63, 3.8) is 0 Å². The van der Waals surface area contributed by atoms with E-state index >= 15 is 0 Å². The van der Waals surface area contributed by atoms with Crippen LogP contribution in [0.15, 0.2) is 12.2 Å². The Balaban J connectivity index is 4.72. The number of ether oxygens (including phenoxy) is 1. The zero-order valence-corrected chi connectivity index (χ0v) is 11.1. The minimum Gasteiger partial charge on any atom is -0.481 e. The van der Waals surface area contributed by atoms with Gasteiger partial charge in [0.2, 0.25) is 0 Å². The molecule has 98 valence electrons. The van der Waals surface area contributed by atoms with Crippen molar-refractivity contribution in [2.24, 2.45) is 0 Å². The summed E-state index contributed by atoms with van der Waals surface area (Å²) in [4.78, 5) is 22.3. The summed E-state index contributed by atoms with van der Waals surface area (Å²) in [6.45, 7) is 12.2. The minimum absolute atomic E-state index is 0.235. The maximum absolute atomic E-state index is 11.6. The molecule has 0 heterocycles. The van der Waals surface area contributed by atoms with E-state index < -0.39 is 23.2 Å². The maximum atomic E-state index is 11.6. The Morgan fingerprint density at radius 2 is 1.76 bits per heavy atom. The van der Waals surface area contributed by atoms with Crippen LogP contribution in [0.25, 0.3) is 0 Å². The van der Waals surface area contributed by atoms with Crippen molar-refractivity contribution in [3.05, 3.63) is 12.2 Å². The Labute approximate surface area is 102 Å². The van der Waals surface area contributed by atoms with Gasteiger partial charge in [-0.05, 0) is 34.6 Å². The summed E-state index contributed by atoms with van der Waals surface area (Å²) in [7, 11) is 0. The second-order valence-electron chi connectivity index (χ2n) is 5.31. The summed E-state index contributed by atoms with van der Waals surface area (Å²) in [5.41, 5.74) is -1.07. The lowest BCUT2D eigenvalue weighted by atomic mass is 9.90. The summed E-state index contributed by atoms with van der Waals surface area (Å²) < 4.78 is 5.08. The number of amides is 1. The number of hydrogen-bond acceptors (Lipinski definition) is 3. The van der Waals surface area contributed by atoms with E-state index in [9.17, 15) is 9.59 Å². The summed E-state index contributed by atoms with van der Waals surface area (Å²) in [5.74, 6) is -1.01. The van der Waals surface area contributed by atoms with Gasteiger partial charge in [-0.3, -0.25) is 4.79 Å². The minimum atomic E-state index is -1.01. The van der Waals surface area contributed by atoms with Gasteiger partial charge in [0.25, 0.3) is 0 Å². The molecule has 0 aliphatic heterocycles. The molecule has 0 fully saturated rings. The van der Waals surface area contributed by atoms with E-state index in [1.807, 2.05) is 0 Å². The molecule has 0 aromatic carbocycles. The standard InChI is InChI=1S/C12H21NO4/c1-8(2)12(6,7-9(14)15)13-10(16)17-11(3,4)5/h1,7H2,2-6H3,(H,13,16)(H,14,15)/t12-/m0/s1. The summed E-state index contributed by atoms with van der Waals surface area (Å²) in [6.07, 6.45) is -0.883. The first-order valence-electron chi connectivity index (χ1n) is 5.35. The van der Waals surface area contributed by atoms with Gasteiger partial charge in [0.05, 0.1) is 12.0 Å². The third-order valence-electron chi connectivity index (χ3n) is 2.22. The average molecular weight is 243 g/mol. The lowest BCUT2D eigenvalue weighted by molar-refractivity contribution is -0.138. The molecule has 1 amide bonds. The summed E-state index contributed by atoms with van der Waals surface area (Å²) >= 11 is 0. The third kappa shape index (κ3) is 5.94. The van der Waals surface area contributed by atoms with Crippen LogP contribution in [0, 0.1) is 0 Å². The molecule has 0 unspecified atom stereocenters. The van der Waals surface area contributed by atoms with Crippen LogP contribution >= 0.6 is 0 Å². The quantitative estimate of drug-likeness (QED) is 0.743. The van der Waals surface area contributed by atoms with Gasteiger partial charge in [-0.1, -0.05) is 12.2 Å². The SMILES string of the molecule is C=C(C)[C@](C)(CC(=O)O)NC(=O)OC(C)(C)C. The van der Waals surface area contributed by atoms with Crippen molar-refractivity contribution in [2.75, 3.05) is 0 Å². The Morgan fingerprint density at radius 1 is 1.29 bits per heavy atom. The number of carbonyl (C=O) groups excluding carboxylic acids is 1. The van der Waals surface area contributed by atoms with Gasteiger partial charge in [-0.25, -0.2) is 4.79 Å². The van der Waals surface area contributed by atoms with Gasteiger partial charge in [0.1, 0.15) is 5.60 Å². The maximum Gasteiger partial charge on any atom is 0.408 e.